The zero-order chi connectivity index (χ0) is 12.4. The van der Waals surface area contributed by atoms with Gasteiger partial charge in [-0.05, 0) is 12.5 Å². The van der Waals surface area contributed by atoms with Crippen LogP contribution in [0.1, 0.15) is 27.2 Å². The van der Waals surface area contributed by atoms with E-state index in [2.05, 4.69) is 20.1 Å². The minimum Gasteiger partial charge on any atom is -0.493 e. The molecular formula is C14H24O2. The Morgan fingerprint density at radius 2 is 2.06 bits per heavy atom. The Morgan fingerprint density at radius 1 is 1.44 bits per heavy atom. The SMILES string of the molecule is C=C/C=C\C(=C)OCC1(CC)COC1.CC. The maximum atomic E-state index is 5.53. The van der Waals surface area contributed by atoms with Gasteiger partial charge in [0.2, 0.25) is 0 Å². The van der Waals surface area contributed by atoms with E-state index in [1.807, 2.05) is 26.0 Å². The quantitative estimate of drug-likeness (QED) is 0.506. The van der Waals surface area contributed by atoms with Crippen molar-refractivity contribution in [2.45, 2.75) is 27.2 Å². The fraction of sp³-hybridized carbons (Fsp3) is 0.571. The van der Waals surface area contributed by atoms with Crippen molar-refractivity contribution in [2.24, 2.45) is 5.41 Å². The van der Waals surface area contributed by atoms with Crippen LogP contribution in [0.5, 0.6) is 0 Å². The van der Waals surface area contributed by atoms with E-state index >= 15 is 0 Å². The predicted octanol–water partition coefficient (Wildman–Crippen LogP) is 3.71. The monoisotopic (exact) mass is 224 g/mol. The maximum Gasteiger partial charge on any atom is 0.112 e. The molecule has 0 aromatic carbocycles. The van der Waals surface area contributed by atoms with Crippen LogP contribution in [0, 0.1) is 5.41 Å². The largest absolute Gasteiger partial charge is 0.493 e. The highest BCUT2D eigenvalue weighted by molar-refractivity contribution is 5.12. The van der Waals surface area contributed by atoms with E-state index < -0.39 is 0 Å². The molecule has 1 aliphatic rings. The fourth-order valence-corrected chi connectivity index (χ4v) is 1.25. The predicted molar refractivity (Wildman–Crippen MR) is 69.3 cm³/mol. The molecule has 1 heterocycles. The van der Waals surface area contributed by atoms with Crippen LogP contribution in [0.15, 0.2) is 37.1 Å². The van der Waals surface area contributed by atoms with Crippen molar-refractivity contribution < 1.29 is 9.47 Å². The van der Waals surface area contributed by atoms with E-state index in [1.54, 1.807) is 6.08 Å². The molecule has 1 aliphatic heterocycles. The molecule has 1 rings (SSSR count). The van der Waals surface area contributed by atoms with Crippen molar-refractivity contribution in [1.82, 2.24) is 0 Å². The van der Waals surface area contributed by atoms with Gasteiger partial charge in [0.15, 0.2) is 0 Å². The van der Waals surface area contributed by atoms with Crippen LogP contribution >= 0.6 is 0 Å². The summed E-state index contributed by atoms with van der Waals surface area (Å²) in [7, 11) is 0. The van der Waals surface area contributed by atoms with Gasteiger partial charge in [-0.2, -0.15) is 0 Å². The van der Waals surface area contributed by atoms with E-state index in [9.17, 15) is 0 Å². The minimum atomic E-state index is 0.227. The van der Waals surface area contributed by atoms with Gasteiger partial charge in [0, 0.05) is 0 Å². The van der Waals surface area contributed by atoms with Crippen molar-refractivity contribution >= 4 is 0 Å². The fourth-order valence-electron chi connectivity index (χ4n) is 1.25. The Kier molecular flexibility index (Phi) is 7.65. The number of rotatable bonds is 6. The second kappa shape index (κ2) is 8.17. The topological polar surface area (TPSA) is 18.5 Å². The van der Waals surface area contributed by atoms with Crippen LogP contribution < -0.4 is 0 Å². The molecule has 0 atom stereocenters. The van der Waals surface area contributed by atoms with Gasteiger partial charge in [0.1, 0.15) is 5.76 Å². The van der Waals surface area contributed by atoms with Gasteiger partial charge in [0.25, 0.3) is 0 Å². The summed E-state index contributed by atoms with van der Waals surface area (Å²) in [5.74, 6) is 0.685. The maximum absolute atomic E-state index is 5.53. The molecule has 0 radical (unpaired) electrons. The van der Waals surface area contributed by atoms with Gasteiger partial charge in [-0.15, -0.1) is 0 Å². The highest BCUT2D eigenvalue weighted by Gasteiger charge is 2.37. The molecule has 2 heteroatoms. The van der Waals surface area contributed by atoms with Crippen LogP contribution in [0.2, 0.25) is 0 Å². The van der Waals surface area contributed by atoms with Gasteiger partial charge >= 0.3 is 0 Å². The van der Waals surface area contributed by atoms with Gasteiger partial charge in [-0.3, -0.25) is 0 Å². The van der Waals surface area contributed by atoms with Gasteiger partial charge in [-0.25, -0.2) is 0 Å². The first-order valence-corrected chi connectivity index (χ1v) is 5.91. The first-order valence-electron chi connectivity index (χ1n) is 5.91. The lowest BCUT2D eigenvalue weighted by Crippen LogP contribution is -2.45. The van der Waals surface area contributed by atoms with Crippen molar-refractivity contribution in [3.63, 3.8) is 0 Å². The number of hydrogen-bond donors (Lipinski definition) is 0. The van der Waals surface area contributed by atoms with Crippen LogP contribution in [0.4, 0.5) is 0 Å². The van der Waals surface area contributed by atoms with E-state index in [1.165, 1.54) is 0 Å². The Morgan fingerprint density at radius 3 is 2.44 bits per heavy atom. The molecule has 0 aliphatic carbocycles. The molecule has 92 valence electrons. The Labute approximate surface area is 99.6 Å². The average Bonchev–Trinajstić information content (AvgIpc) is 2.28. The summed E-state index contributed by atoms with van der Waals surface area (Å²) in [6, 6.07) is 0. The first kappa shape index (κ1) is 15.0. The molecule has 0 aromatic rings. The summed E-state index contributed by atoms with van der Waals surface area (Å²) in [6.07, 6.45) is 6.43. The molecule has 0 saturated carbocycles. The van der Waals surface area contributed by atoms with Gasteiger partial charge in [-0.1, -0.05) is 46.1 Å². The second-order valence-corrected chi connectivity index (χ2v) is 3.70. The Balaban J connectivity index is 0.00000106. The summed E-state index contributed by atoms with van der Waals surface area (Å²) < 4.78 is 10.7. The van der Waals surface area contributed by atoms with Gasteiger partial charge in [0.05, 0.1) is 25.2 Å². The minimum absolute atomic E-state index is 0.227. The average molecular weight is 224 g/mol. The summed E-state index contributed by atoms with van der Waals surface area (Å²) >= 11 is 0. The van der Waals surface area contributed by atoms with E-state index in [-0.39, 0.29) is 5.41 Å². The number of ether oxygens (including phenoxy) is 2. The number of allylic oxidation sites excluding steroid dienone is 3. The van der Waals surface area contributed by atoms with Crippen LogP contribution in [0.25, 0.3) is 0 Å². The van der Waals surface area contributed by atoms with Crippen LogP contribution in [-0.4, -0.2) is 19.8 Å². The molecule has 1 fully saturated rings. The van der Waals surface area contributed by atoms with Crippen molar-refractivity contribution in [3.8, 4) is 0 Å². The summed E-state index contributed by atoms with van der Waals surface area (Å²) in [5.41, 5.74) is 0.227. The third-order valence-electron chi connectivity index (χ3n) is 2.55. The second-order valence-electron chi connectivity index (χ2n) is 3.70. The standard InChI is InChI=1S/C12H18O2.C2H6/c1-4-6-7-11(3)14-10-12(5-2)8-13-9-12;1-2/h4,6-7H,1,3,5,8-10H2,2H3;1-2H3/b7-6-;. The highest BCUT2D eigenvalue weighted by Crippen LogP contribution is 2.31. The normalized spacial score (nSPS) is 16.9. The third kappa shape index (κ3) is 4.67. The van der Waals surface area contributed by atoms with E-state index in [0.717, 1.165) is 19.6 Å². The molecule has 0 bridgehead atoms. The molecule has 0 aromatic heterocycles. The van der Waals surface area contributed by atoms with Crippen LogP contribution in [-0.2, 0) is 9.47 Å². The smallest absolute Gasteiger partial charge is 0.112 e. The molecular weight excluding hydrogens is 200 g/mol. The third-order valence-corrected chi connectivity index (χ3v) is 2.55. The van der Waals surface area contributed by atoms with Gasteiger partial charge < -0.3 is 9.47 Å². The Bertz CT molecular complexity index is 232. The lowest BCUT2D eigenvalue weighted by atomic mass is 9.84. The zero-order valence-corrected chi connectivity index (χ0v) is 10.8. The molecule has 0 N–H and O–H groups in total. The molecule has 1 saturated heterocycles. The lowest BCUT2D eigenvalue weighted by molar-refractivity contribution is -0.141. The molecule has 0 spiro atoms. The molecule has 0 unspecified atom stereocenters. The summed E-state index contributed by atoms with van der Waals surface area (Å²) in [5, 5.41) is 0. The van der Waals surface area contributed by atoms with E-state index in [0.29, 0.717) is 12.4 Å². The molecule has 2 nitrogen and oxygen atoms in total. The summed E-state index contributed by atoms with van der Waals surface area (Å²) in [4.78, 5) is 0. The van der Waals surface area contributed by atoms with Crippen molar-refractivity contribution in [1.29, 1.82) is 0 Å². The zero-order valence-electron chi connectivity index (χ0n) is 10.8. The van der Waals surface area contributed by atoms with Crippen LogP contribution in [0.3, 0.4) is 0 Å². The first-order chi connectivity index (χ1) is 7.72. The van der Waals surface area contributed by atoms with Crippen molar-refractivity contribution in [3.05, 3.63) is 37.1 Å². The number of hydrogen-bond acceptors (Lipinski definition) is 2. The summed E-state index contributed by atoms with van der Waals surface area (Å²) in [6.45, 7) is 15.8. The molecule has 16 heavy (non-hydrogen) atoms. The lowest BCUT2D eigenvalue weighted by Gasteiger charge is -2.40. The Hall–Kier alpha value is -1.02. The highest BCUT2D eigenvalue weighted by atomic mass is 16.5. The van der Waals surface area contributed by atoms with Crippen molar-refractivity contribution in [2.75, 3.05) is 19.8 Å². The van der Waals surface area contributed by atoms with E-state index in [4.69, 9.17) is 9.47 Å². The molecule has 0 amide bonds.